The average molecular weight is 711 g/mol. The summed E-state index contributed by atoms with van der Waals surface area (Å²) in [6.45, 7) is 0. The molecule has 0 unspecified atom stereocenters. The highest BCUT2D eigenvalue weighted by Gasteiger charge is 2.30. The molecule has 0 spiro atoms. The number of nitrogens with zero attached hydrogens (tertiary/aromatic N) is 2. The second-order valence-electron chi connectivity index (χ2n) is 14.8. The van der Waals surface area contributed by atoms with Crippen molar-refractivity contribution in [1.29, 1.82) is 0 Å². The Morgan fingerprint density at radius 2 is 0.411 bits per heavy atom. The monoisotopic (exact) mass is 710 g/mol. The van der Waals surface area contributed by atoms with Crippen molar-refractivity contribution in [1.82, 2.24) is 0 Å². The maximum atomic E-state index is 2.51. The third-order valence-corrected chi connectivity index (χ3v) is 11.9. The lowest BCUT2D eigenvalue weighted by Gasteiger charge is -2.31. The van der Waals surface area contributed by atoms with Gasteiger partial charge in [0.05, 0.1) is 34.1 Å². The number of rotatable bonds is 2. The minimum Gasteiger partial charge on any atom is -0.309 e. The number of para-hydroxylation sites is 4. The van der Waals surface area contributed by atoms with Crippen molar-refractivity contribution in [3.8, 4) is 44.5 Å². The van der Waals surface area contributed by atoms with Crippen molar-refractivity contribution in [2.24, 2.45) is 0 Å². The molecule has 10 aromatic carbocycles. The lowest BCUT2D eigenvalue weighted by molar-refractivity contribution is 1.31. The predicted molar refractivity (Wildman–Crippen MR) is 237 cm³/mol. The lowest BCUT2D eigenvalue weighted by atomic mass is 9.93. The first kappa shape index (κ1) is 31.0. The number of hydrogen-bond acceptors (Lipinski definition) is 2. The normalized spacial score (nSPS) is 12.6. The molecule has 0 radical (unpaired) electrons. The zero-order chi connectivity index (χ0) is 36.7. The molecule has 0 fully saturated rings. The summed E-state index contributed by atoms with van der Waals surface area (Å²) in [5.41, 5.74) is 16.9. The van der Waals surface area contributed by atoms with Gasteiger partial charge in [0, 0.05) is 33.0 Å². The summed E-state index contributed by atoms with van der Waals surface area (Å²) in [7, 11) is 0. The van der Waals surface area contributed by atoms with E-state index in [9.17, 15) is 0 Å². The summed E-state index contributed by atoms with van der Waals surface area (Å²) < 4.78 is 0. The van der Waals surface area contributed by atoms with Crippen LogP contribution >= 0.6 is 0 Å². The summed E-state index contributed by atoms with van der Waals surface area (Å²) in [4.78, 5) is 5.02. The van der Waals surface area contributed by atoms with Crippen LogP contribution in [0.25, 0.3) is 76.8 Å². The Bertz CT molecular complexity index is 2880. The Morgan fingerprint density at radius 1 is 0.179 bits per heavy atom. The maximum absolute atomic E-state index is 2.51. The molecule has 2 aliphatic rings. The van der Waals surface area contributed by atoms with Gasteiger partial charge in [0.1, 0.15) is 0 Å². The van der Waals surface area contributed by atoms with Crippen LogP contribution in [0.4, 0.5) is 34.1 Å². The highest BCUT2D eigenvalue weighted by Crippen LogP contribution is 2.55. The molecule has 0 saturated carbocycles. The van der Waals surface area contributed by atoms with E-state index in [0.29, 0.717) is 0 Å². The third-order valence-electron chi connectivity index (χ3n) is 11.9. The van der Waals surface area contributed by atoms with E-state index in [4.69, 9.17) is 0 Å². The second-order valence-corrected chi connectivity index (χ2v) is 14.8. The molecular formula is C54H34N2. The van der Waals surface area contributed by atoms with Crippen LogP contribution in [-0.2, 0) is 0 Å². The first-order chi connectivity index (χ1) is 27.8. The van der Waals surface area contributed by atoms with Crippen molar-refractivity contribution >= 4 is 66.4 Å². The maximum Gasteiger partial charge on any atom is 0.0547 e. The van der Waals surface area contributed by atoms with E-state index in [1.807, 2.05) is 0 Å². The summed E-state index contributed by atoms with van der Waals surface area (Å²) in [6, 6.07) is 76.1. The SMILES string of the molecule is c1ccc2c(c1)-c1ccccc1N(c1cc3c4ccccc4c(N4c5ccccc5-c5ccccc5-c5ccccc54)cc3c3ccccc13)c1ccccc1-2. The molecule has 0 N–H and O–H groups in total. The van der Waals surface area contributed by atoms with Crippen molar-refractivity contribution in [2.45, 2.75) is 0 Å². The van der Waals surface area contributed by atoms with Gasteiger partial charge in [0.2, 0.25) is 0 Å². The zero-order valence-electron chi connectivity index (χ0n) is 30.5. The van der Waals surface area contributed by atoms with Gasteiger partial charge in [-0.3, -0.25) is 0 Å². The van der Waals surface area contributed by atoms with Crippen LogP contribution in [0.1, 0.15) is 0 Å². The Kier molecular flexibility index (Phi) is 6.66. The molecule has 0 aromatic heterocycles. The largest absolute Gasteiger partial charge is 0.309 e. The van der Waals surface area contributed by atoms with Gasteiger partial charge in [-0.25, -0.2) is 0 Å². The van der Waals surface area contributed by atoms with E-state index in [1.54, 1.807) is 0 Å². The van der Waals surface area contributed by atoms with Crippen molar-refractivity contribution in [3.05, 3.63) is 206 Å². The van der Waals surface area contributed by atoms with Crippen molar-refractivity contribution in [2.75, 3.05) is 9.80 Å². The molecule has 0 amide bonds. The molecule has 56 heavy (non-hydrogen) atoms. The topological polar surface area (TPSA) is 6.48 Å². The molecule has 2 heteroatoms. The smallest absolute Gasteiger partial charge is 0.0547 e. The molecule has 0 bridgehead atoms. The van der Waals surface area contributed by atoms with Crippen molar-refractivity contribution < 1.29 is 0 Å². The van der Waals surface area contributed by atoms with E-state index in [1.165, 1.54) is 111 Å². The molecular weight excluding hydrogens is 677 g/mol. The highest BCUT2D eigenvalue weighted by atomic mass is 15.2. The molecule has 0 atom stereocenters. The molecule has 260 valence electrons. The summed E-state index contributed by atoms with van der Waals surface area (Å²) in [5.74, 6) is 0. The fraction of sp³-hybridized carbons (Fsp3) is 0. The average Bonchev–Trinajstić information content (AvgIpc) is 3.48. The van der Waals surface area contributed by atoms with Gasteiger partial charge in [0.25, 0.3) is 0 Å². The van der Waals surface area contributed by atoms with Crippen LogP contribution in [-0.4, -0.2) is 0 Å². The fourth-order valence-corrected chi connectivity index (χ4v) is 9.55. The van der Waals surface area contributed by atoms with Crippen LogP contribution < -0.4 is 9.80 Å². The zero-order valence-corrected chi connectivity index (χ0v) is 30.5. The van der Waals surface area contributed by atoms with E-state index in [0.717, 1.165) is 0 Å². The first-order valence-corrected chi connectivity index (χ1v) is 19.4. The molecule has 0 saturated heterocycles. The van der Waals surface area contributed by atoms with Crippen LogP contribution in [0.5, 0.6) is 0 Å². The predicted octanol–water partition coefficient (Wildman–Crippen LogP) is 15.4. The van der Waals surface area contributed by atoms with Gasteiger partial charge in [-0.2, -0.15) is 0 Å². The third kappa shape index (κ3) is 4.38. The van der Waals surface area contributed by atoms with Gasteiger partial charge in [-0.1, -0.05) is 170 Å². The van der Waals surface area contributed by atoms with Gasteiger partial charge >= 0.3 is 0 Å². The van der Waals surface area contributed by atoms with E-state index in [2.05, 4.69) is 216 Å². The number of fused-ring (bicyclic) bond motifs is 15. The first-order valence-electron chi connectivity index (χ1n) is 19.4. The fourth-order valence-electron chi connectivity index (χ4n) is 9.55. The Hall–Kier alpha value is -7.42. The van der Waals surface area contributed by atoms with E-state index in [-0.39, 0.29) is 0 Å². The molecule has 12 rings (SSSR count). The number of anilines is 6. The van der Waals surface area contributed by atoms with Gasteiger partial charge in [-0.15, -0.1) is 0 Å². The molecule has 2 heterocycles. The minimum absolute atomic E-state index is 1.17. The molecule has 0 aliphatic carbocycles. The summed E-state index contributed by atoms with van der Waals surface area (Å²) >= 11 is 0. The van der Waals surface area contributed by atoms with Gasteiger partial charge in [0.15, 0.2) is 0 Å². The Balaban J connectivity index is 1.19. The number of hydrogen-bond donors (Lipinski definition) is 0. The van der Waals surface area contributed by atoms with Crippen LogP contribution in [0, 0.1) is 0 Å². The Labute approximate surface area is 325 Å². The second kappa shape index (κ2) is 12.0. The van der Waals surface area contributed by atoms with Gasteiger partial charge < -0.3 is 9.80 Å². The summed E-state index contributed by atoms with van der Waals surface area (Å²) in [5, 5.41) is 7.33. The molecule has 10 aromatic rings. The molecule has 2 aliphatic heterocycles. The van der Waals surface area contributed by atoms with Crippen LogP contribution in [0.2, 0.25) is 0 Å². The van der Waals surface area contributed by atoms with E-state index < -0.39 is 0 Å². The van der Waals surface area contributed by atoms with Crippen molar-refractivity contribution in [3.63, 3.8) is 0 Å². The van der Waals surface area contributed by atoms with Crippen LogP contribution in [0.15, 0.2) is 206 Å². The highest BCUT2D eigenvalue weighted by molar-refractivity contribution is 6.25. The standard InChI is InChI=1S/C54H34N2/c1-2-18-36-35(17-1)41-23-9-13-29-49(41)55(50-30-14-10-24-42(36)50)53-33-47-40-22-6-8-28-46(40)54(34-48(47)39-21-5-7-27-45(39)53)56-51-31-15-11-25-43(51)37-19-3-4-20-38(37)44-26-12-16-32-52(44)56/h1-34H. The lowest BCUT2D eigenvalue weighted by Crippen LogP contribution is -2.12. The van der Waals surface area contributed by atoms with E-state index >= 15 is 0 Å². The molecule has 2 nitrogen and oxygen atoms in total. The minimum atomic E-state index is 1.17. The van der Waals surface area contributed by atoms with Crippen LogP contribution in [0.3, 0.4) is 0 Å². The number of benzene rings is 10. The van der Waals surface area contributed by atoms with Gasteiger partial charge in [-0.05, 0) is 80.2 Å². The quantitative estimate of drug-likeness (QED) is 0.165. The Morgan fingerprint density at radius 3 is 0.714 bits per heavy atom. The summed E-state index contributed by atoms with van der Waals surface area (Å²) in [6.07, 6.45) is 0.